The van der Waals surface area contributed by atoms with Crippen LogP contribution in [0.4, 0.5) is 13.2 Å². The minimum Gasteiger partial charge on any atom is -0.384 e. The first-order valence-electron chi connectivity index (χ1n) is 6.18. The summed E-state index contributed by atoms with van der Waals surface area (Å²) in [6.45, 7) is -2.01. The summed E-state index contributed by atoms with van der Waals surface area (Å²) in [5, 5.41) is 5.13. The number of rotatable bonds is 7. The Morgan fingerprint density at radius 3 is 2.57 bits per heavy atom. The third kappa shape index (κ3) is 8.51. The fraction of sp³-hybridized carbons (Fsp3) is 0.385. The molecular weight excluding hydrogens is 287 g/mol. The zero-order chi connectivity index (χ0) is 15.7. The van der Waals surface area contributed by atoms with E-state index in [1.54, 1.807) is 5.32 Å². The van der Waals surface area contributed by atoms with Crippen molar-refractivity contribution in [3.05, 3.63) is 35.9 Å². The van der Waals surface area contributed by atoms with Crippen LogP contribution in [0.1, 0.15) is 12.0 Å². The smallest absolute Gasteiger partial charge is 0.384 e. The molecule has 21 heavy (non-hydrogen) atoms. The number of aryl methyl sites for hydroxylation is 1. The number of hydrogen-bond acceptors (Lipinski definition) is 3. The molecular formula is C13H16F3N3O2. The van der Waals surface area contributed by atoms with Crippen LogP contribution >= 0.6 is 0 Å². The number of carbonyl (C=O) groups excluding carboxylic acids is 1. The minimum absolute atomic E-state index is 0.169. The van der Waals surface area contributed by atoms with Crippen molar-refractivity contribution in [2.24, 2.45) is 10.9 Å². The molecule has 1 amide bonds. The highest BCUT2D eigenvalue weighted by Gasteiger charge is 2.27. The standard InChI is InChI=1S/C13H16F3N3O2/c14-13(15,16)9-18-12(20)8-21-19-11(17)7-6-10-4-2-1-3-5-10/h1-5H,6-9H2,(H2,17,19)(H,18,20). The second kappa shape index (κ2) is 8.13. The highest BCUT2D eigenvalue weighted by Crippen LogP contribution is 2.11. The third-order valence-corrected chi connectivity index (χ3v) is 2.38. The quantitative estimate of drug-likeness (QED) is 0.456. The van der Waals surface area contributed by atoms with Gasteiger partial charge in [0.15, 0.2) is 6.61 Å². The molecule has 0 heterocycles. The molecule has 116 valence electrons. The van der Waals surface area contributed by atoms with E-state index in [1.807, 2.05) is 30.3 Å². The average molecular weight is 303 g/mol. The Morgan fingerprint density at radius 1 is 1.29 bits per heavy atom. The van der Waals surface area contributed by atoms with Crippen LogP contribution in [0.3, 0.4) is 0 Å². The zero-order valence-corrected chi connectivity index (χ0v) is 11.2. The number of nitrogens with zero attached hydrogens (tertiary/aromatic N) is 1. The number of amidine groups is 1. The molecule has 0 bridgehead atoms. The molecule has 0 saturated heterocycles. The van der Waals surface area contributed by atoms with E-state index in [0.29, 0.717) is 12.8 Å². The highest BCUT2D eigenvalue weighted by atomic mass is 19.4. The highest BCUT2D eigenvalue weighted by molar-refractivity contribution is 5.80. The third-order valence-electron chi connectivity index (χ3n) is 2.38. The predicted molar refractivity (Wildman–Crippen MR) is 71.4 cm³/mol. The van der Waals surface area contributed by atoms with Crippen LogP contribution in [0.15, 0.2) is 35.5 Å². The van der Waals surface area contributed by atoms with Gasteiger partial charge in [-0.15, -0.1) is 0 Å². The number of hydrogen-bond donors (Lipinski definition) is 2. The lowest BCUT2D eigenvalue weighted by Gasteiger charge is -2.07. The van der Waals surface area contributed by atoms with E-state index in [2.05, 4.69) is 9.99 Å². The first-order valence-corrected chi connectivity index (χ1v) is 6.18. The van der Waals surface area contributed by atoms with Gasteiger partial charge in [0.2, 0.25) is 0 Å². The maximum atomic E-state index is 11.8. The van der Waals surface area contributed by atoms with Crippen molar-refractivity contribution >= 4 is 11.7 Å². The molecule has 3 N–H and O–H groups in total. The van der Waals surface area contributed by atoms with Gasteiger partial charge in [-0.3, -0.25) is 4.79 Å². The second-order valence-corrected chi connectivity index (χ2v) is 4.23. The van der Waals surface area contributed by atoms with Gasteiger partial charge >= 0.3 is 6.18 Å². The molecule has 0 aliphatic carbocycles. The summed E-state index contributed by atoms with van der Waals surface area (Å²) in [5.74, 6) is -0.741. The van der Waals surface area contributed by atoms with Crippen molar-refractivity contribution in [2.75, 3.05) is 13.2 Å². The normalized spacial score (nSPS) is 12.0. The largest absolute Gasteiger partial charge is 0.405 e. The van der Waals surface area contributed by atoms with Crippen LogP contribution in [0, 0.1) is 0 Å². The molecule has 0 aliphatic heterocycles. The lowest BCUT2D eigenvalue weighted by Crippen LogP contribution is -2.35. The van der Waals surface area contributed by atoms with E-state index < -0.39 is 25.2 Å². The summed E-state index contributed by atoms with van der Waals surface area (Å²) < 4.78 is 35.5. The van der Waals surface area contributed by atoms with Gasteiger partial charge < -0.3 is 15.9 Å². The molecule has 0 aliphatic rings. The molecule has 0 fully saturated rings. The van der Waals surface area contributed by atoms with Gasteiger partial charge in [-0.1, -0.05) is 35.5 Å². The van der Waals surface area contributed by atoms with Crippen LogP contribution in [0.5, 0.6) is 0 Å². The summed E-state index contributed by atoms with van der Waals surface area (Å²) >= 11 is 0. The summed E-state index contributed by atoms with van der Waals surface area (Å²) in [6.07, 6.45) is -3.37. The van der Waals surface area contributed by atoms with Gasteiger partial charge in [0.1, 0.15) is 12.4 Å². The van der Waals surface area contributed by atoms with E-state index in [9.17, 15) is 18.0 Å². The van der Waals surface area contributed by atoms with Crippen molar-refractivity contribution in [3.63, 3.8) is 0 Å². The molecule has 0 aromatic heterocycles. The second-order valence-electron chi connectivity index (χ2n) is 4.23. The molecule has 0 unspecified atom stereocenters. The molecule has 5 nitrogen and oxygen atoms in total. The molecule has 8 heteroatoms. The maximum Gasteiger partial charge on any atom is 0.405 e. The molecule has 0 saturated carbocycles. The number of nitrogens with one attached hydrogen (secondary N) is 1. The zero-order valence-electron chi connectivity index (χ0n) is 11.2. The van der Waals surface area contributed by atoms with Crippen LogP contribution in [-0.4, -0.2) is 31.1 Å². The Labute approximate surface area is 119 Å². The molecule has 1 aromatic carbocycles. The summed E-state index contributed by atoms with van der Waals surface area (Å²) in [5.41, 5.74) is 6.63. The fourth-order valence-corrected chi connectivity index (χ4v) is 1.39. The number of oxime groups is 1. The monoisotopic (exact) mass is 303 g/mol. The van der Waals surface area contributed by atoms with Gasteiger partial charge in [0, 0.05) is 6.42 Å². The van der Waals surface area contributed by atoms with Crippen molar-refractivity contribution in [2.45, 2.75) is 19.0 Å². The van der Waals surface area contributed by atoms with Gasteiger partial charge in [-0.2, -0.15) is 13.2 Å². The molecule has 0 spiro atoms. The van der Waals surface area contributed by atoms with Crippen LogP contribution < -0.4 is 11.1 Å². The Balaban J connectivity index is 2.22. The van der Waals surface area contributed by atoms with Gasteiger partial charge in [-0.25, -0.2) is 0 Å². The van der Waals surface area contributed by atoms with E-state index in [0.717, 1.165) is 5.56 Å². The van der Waals surface area contributed by atoms with Crippen LogP contribution in [0.2, 0.25) is 0 Å². The van der Waals surface area contributed by atoms with Crippen LogP contribution in [0.25, 0.3) is 0 Å². The SMILES string of the molecule is N/C(CCc1ccccc1)=N\OCC(=O)NCC(F)(F)F. The average Bonchev–Trinajstić information content (AvgIpc) is 2.43. The van der Waals surface area contributed by atoms with Gasteiger partial charge in [0.25, 0.3) is 5.91 Å². The Hall–Kier alpha value is -2.25. The topological polar surface area (TPSA) is 76.7 Å². The van der Waals surface area contributed by atoms with Crippen LogP contribution in [-0.2, 0) is 16.1 Å². The number of nitrogens with two attached hydrogens (primary N) is 1. The number of benzene rings is 1. The summed E-state index contributed by atoms with van der Waals surface area (Å²) in [6, 6.07) is 9.54. The Morgan fingerprint density at radius 2 is 1.95 bits per heavy atom. The number of carbonyl (C=O) groups is 1. The van der Waals surface area contributed by atoms with E-state index >= 15 is 0 Å². The summed E-state index contributed by atoms with van der Waals surface area (Å²) in [4.78, 5) is 15.6. The van der Waals surface area contributed by atoms with Crippen molar-refractivity contribution < 1.29 is 22.8 Å². The first kappa shape index (κ1) is 16.8. The minimum atomic E-state index is -4.45. The maximum absolute atomic E-state index is 11.8. The molecule has 1 aromatic rings. The van der Waals surface area contributed by atoms with Crippen molar-refractivity contribution in [3.8, 4) is 0 Å². The number of amides is 1. The van der Waals surface area contributed by atoms with Gasteiger partial charge in [0.05, 0.1) is 0 Å². The molecule has 0 atom stereocenters. The van der Waals surface area contributed by atoms with E-state index in [1.165, 1.54) is 0 Å². The molecule has 0 radical (unpaired) electrons. The Bertz CT molecular complexity index is 475. The predicted octanol–water partition coefficient (Wildman–Crippen LogP) is 1.59. The fourth-order valence-electron chi connectivity index (χ4n) is 1.39. The van der Waals surface area contributed by atoms with Crippen molar-refractivity contribution in [1.82, 2.24) is 5.32 Å². The molecule has 1 rings (SSSR count). The van der Waals surface area contributed by atoms with E-state index in [4.69, 9.17) is 5.73 Å². The van der Waals surface area contributed by atoms with Crippen molar-refractivity contribution in [1.29, 1.82) is 0 Å². The Kier molecular flexibility index (Phi) is 6.51. The lowest BCUT2D eigenvalue weighted by molar-refractivity contribution is -0.141. The number of alkyl halides is 3. The van der Waals surface area contributed by atoms with Gasteiger partial charge in [-0.05, 0) is 12.0 Å². The first-order chi connectivity index (χ1) is 9.87. The summed E-state index contributed by atoms with van der Waals surface area (Å²) in [7, 11) is 0. The van der Waals surface area contributed by atoms with E-state index in [-0.39, 0.29) is 5.84 Å². The number of halogens is 3. The lowest BCUT2D eigenvalue weighted by atomic mass is 10.1.